The van der Waals surface area contributed by atoms with E-state index in [-0.39, 0.29) is 13.2 Å². The molecule has 0 radical (unpaired) electrons. The van der Waals surface area contributed by atoms with Crippen LogP contribution in [0.1, 0.15) is 11.3 Å². The van der Waals surface area contributed by atoms with Gasteiger partial charge in [0.1, 0.15) is 18.1 Å². The summed E-state index contributed by atoms with van der Waals surface area (Å²) in [4.78, 5) is 23.2. The summed E-state index contributed by atoms with van der Waals surface area (Å²) in [5.41, 5.74) is 0.810. The molecule has 0 fully saturated rings. The normalized spacial score (nSPS) is 10.4. The minimum Gasteiger partial charge on any atom is -0.490 e. The molecular formula is C19H19NO5. The Morgan fingerprint density at radius 2 is 2.00 bits per heavy atom. The minimum atomic E-state index is -0.597. The maximum atomic E-state index is 11.6. The second kappa shape index (κ2) is 9.77. The third kappa shape index (κ3) is 6.78. The monoisotopic (exact) mass is 341 g/mol. The zero-order valence-corrected chi connectivity index (χ0v) is 13.6. The van der Waals surface area contributed by atoms with Crippen LogP contribution < -0.4 is 10.1 Å². The van der Waals surface area contributed by atoms with E-state index in [0.29, 0.717) is 18.1 Å². The molecule has 1 aromatic carbocycles. The predicted molar refractivity (Wildman–Crippen MR) is 92.7 cm³/mol. The maximum Gasteiger partial charge on any atom is 0.331 e. The number of nitrogens with one attached hydrogen (secondary N) is 1. The van der Waals surface area contributed by atoms with Crippen LogP contribution in [0.3, 0.4) is 0 Å². The van der Waals surface area contributed by atoms with E-state index in [1.165, 1.54) is 12.3 Å². The van der Waals surface area contributed by atoms with Crippen molar-refractivity contribution in [2.75, 3.05) is 13.2 Å². The van der Waals surface area contributed by atoms with Gasteiger partial charge < -0.3 is 19.2 Å². The highest BCUT2D eigenvalue weighted by molar-refractivity contribution is 5.89. The first-order valence-corrected chi connectivity index (χ1v) is 7.65. The van der Waals surface area contributed by atoms with Crippen molar-refractivity contribution in [1.29, 1.82) is 0 Å². The number of furan rings is 1. The van der Waals surface area contributed by atoms with E-state index in [4.69, 9.17) is 13.9 Å². The predicted octanol–water partition coefficient (Wildman–Crippen LogP) is 2.72. The number of benzene rings is 1. The second-order valence-electron chi connectivity index (χ2n) is 4.97. The molecule has 0 aliphatic rings. The van der Waals surface area contributed by atoms with E-state index in [9.17, 15) is 9.59 Å². The Kier molecular flexibility index (Phi) is 7.06. The molecule has 25 heavy (non-hydrogen) atoms. The van der Waals surface area contributed by atoms with Gasteiger partial charge in [0.2, 0.25) is 0 Å². The summed E-state index contributed by atoms with van der Waals surface area (Å²) in [6, 6.07) is 10.6. The molecule has 1 amide bonds. The number of hydrogen-bond acceptors (Lipinski definition) is 5. The van der Waals surface area contributed by atoms with E-state index >= 15 is 0 Å². The number of rotatable bonds is 9. The summed E-state index contributed by atoms with van der Waals surface area (Å²) in [5.74, 6) is 0.343. The van der Waals surface area contributed by atoms with Gasteiger partial charge in [0.15, 0.2) is 6.61 Å². The van der Waals surface area contributed by atoms with Crippen LogP contribution in [0, 0.1) is 0 Å². The lowest BCUT2D eigenvalue weighted by Crippen LogP contribution is -2.27. The molecule has 6 nitrogen and oxygen atoms in total. The van der Waals surface area contributed by atoms with Crippen LogP contribution in [-0.4, -0.2) is 25.1 Å². The third-order valence-corrected chi connectivity index (χ3v) is 3.05. The first kappa shape index (κ1) is 18.1. The van der Waals surface area contributed by atoms with E-state index in [1.807, 2.05) is 0 Å². The molecule has 6 heteroatoms. The Bertz CT molecular complexity index is 717. The van der Waals surface area contributed by atoms with Crippen LogP contribution in [0.2, 0.25) is 0 Å². The lowest BCUT2D eigenvalue weighted by molar-refractivity contribution is -0.143. The molecule has 0 saturated heterocycles. The van der Waals surface area contributed by atoms with Crippen LogP contribution in [-0.2, 0) is 20.9 Å². The molecule has 130 valence electrons. The van der Waals surface area contributed by atoms with E-state index in [0.717, 1.165) is 5.56 Å². The lowest BCUT2D eigenvalue weighted by Gasteiger charge is -2.04. The molecule has 0 aliphatic carbocycles. The number of amides is 1. The van der Waals surface area contributed by atoms with Crippen molar-refractivity contribution in [2.24, 2.45) is 0 Å². The second-order valence-corrected chi connectivity index (χ2v) is 4.97. The first-order chi connectivity index (χ1) is 12.2. The van der Waals surface area contributed by atoms with Crippen molar-refractivity contribution in [3.63, 3.8) is 0 Å². The zero-order valence-electron chi connectivity index (χ0n) is 13.6. The fourth-order valence-electron chi connectivity index (χ4n) is 1.83. The molecule has 0 bridgehead atoms. The van der Waals surface area contributed by atoms with Crippen molar-refractivity contribution >= 4 is 18.0 Å². The molecule has 2 aromatic rings. The molecule has 0 aliphatic heterocycles. The highest BCUT2D eigenvalue weighted by Crippen LogP contribution is 2.13. The van der Waals surface area contributed by atoms with Gasteiger partial charge >= 0.3 is 5.97 Å². The highest BCUT2D eigenvalue weighted by atomic mass is 16.5. The Hall–Kier alpha value is -3.28. The van der Waals surface area contributed by atoms with Gasteiger partial charge in [0, 0.05) is 6.08 Å². The van der Waals surface area contributed by atoms with Crippen molar-refractivity contribution in [3.05, 3.63) is 72.7 Å². The van der Waals surface area contributed by atoms with Crippen LogP contribution in [0.5, 0.6) is 5.75 Å². The van der Waals surface area contributed by atoms with Crippen molar-refractivity contribution in [1.82, 2.24) is 5.32 Å². The molecule has 0 saturated carbocycles. The zero-order chi connectivity index (χ0) is 17.9. The Morgan fingerprint density at radius 3 is 2.68 bits per heavy atom. The summed E-state index contributed by atoms with van der Waals surface area (Å²) < 4.78 is 15.3. The van der Waals surface area contributed by atoms with Gasteiger partial charge in [-0.05, 0) is 35.9 Å². The lowest BCUT2D eigenvalue weighted by atomic mass is 10.2. The van der Waals surface area contributed by atoms with Crippen LogP contribution in [0.15, 0.2) is 65.8 Å². The van der Waals surface area contributed by atoms with Crippen molar-refractivity contribution in [3.8, 4) is 5.75 Å². The summed E-state index contributed by atoms with van der Waals surface area (Å²) in [6.07, 6.45) is 6.04. The summed E-state index contributed by atoms with van der Waals surface area (Å²) in [7, 11) is 0. The number of hydrogen-bond donors (Lipinski definition) is 1. The van der Waals surface area contributed by atoms with Crippen molar-refractivity contribution in [2.45, 2.75) is 6.54 Å². The molecule has 1 N–H and O–H groups in total. The standard InChI is InChI=1S/C19H19NO5/c1-2-11-23-16-8-5-15(6-9-16)7-10-19(22)25-14-18(21)20-13-17-4-3-12-24-17/h2-10,12H,1,11,13-14H2,(H,20,21)/b10-7+. The quantitative estimate of drug-likeness (QED) is 0.431. The molecule has 1 aromatic heterocycles. The molecular weight excluding hydrogens is 322 g/mol. The van der Waals surface area contributed by atoms with E-state index in [1.54, 1.807) is 48.6 Å². The highest BCUT2D eigenvalue weighted by Gasteiger charge is 2.05. The number of carbonyl (C=O) groups is 2. The number of esters is 1. The van der Waals surface area contributed by atoms with Gasteiger partial charge in [-0.25, -0.2) is 4.79 Å². The summed E-state index contributed by atoms with van der Waals surface area (Å²) >= 11 is 0. The molecule has 2 rings (SSSR count). The van der Waals surface area contributed by atoms with Gasteiger partial charge in [-0.2, -0.15) is 0 Å². The third-order valence-electron chi connectivity index (χ3n) is 3.05. The Morgan fingerprint density at radius 1 is 1.20 bits per heavy atom. The topological polar surface area (TPSA) is 77.8 Å². The van der Waals surface area contributed by atoms with Crippen LogP contribution in [0.25, 0.3) is 6.08 Å². The SMILES string of the molecule is C=CCOc1ccc(/C=C/C(=O)OCC(=O)NCc2ccco2)cc1. The smallest absolute Gasteiger partial charge is 0.331 e. The fourth-order valence-corrected chi connectivity index (χ4v) is 1.83. The minimum absolute atomic E-state index is 0.250. The maximum absolute atomic E-state index is 11.6. The summed E-state index contributed by atoms with van der Waals surface area (Å²) in [6.45, 7) is 3.91. The Balaban J connectivity index is 1.70. The van der Waals surface area contributed by atoms with Gasteiger partial charge in [0.25, 0.3) is 5.91 Å². The largest absolute Gasteiger partial charge is 0.490 e. The van der Waals surface area contributed by atoms with E-state index < -0.39 is 11.9 Å². The Labute approximate surface area is 145 Å². The van der Waals surface area contributed by atoms with Gasteiger partial charge in [-0.15, -0.1) is 0 Å². The summed E-state index contributed by atoms with van der Waals surface area (Å²) in [5, 5.41) is 2.58. The number of ether oxygens (including phenoxy) is 2. The van der Waals surface area contributed by atoms with E-state index in [2.05, 4.69) is 11.9 Å². The molecule has 0 spiro atoms. The average Bonchev–Trinajstić information content (AvgIpc) is 3.15. The first-order valence-electron chi connectivity index (χ1n) is 7.65. The van der Waals surface area contributed by atoms with Gasteiger partial charge in [0.05, 0.1) is 12.8 Å². The van der Waals surface area contributed by atoms with Gasteiger partial charge in [-0.1, -0.05) is 24.8 Å². The molecule has 0 unspecified atom stereocenters. The average molecular weight is 341 g/mol. The van der Waals surface area contributed by atoms with Gasteiger partial charge in [-0.3, -0.25) is 4.79 Å². The van der Waals surface area contributed by atoms with Crippen LogP contribution in [0.4, 0.5) is 0 Å². The molecule has 1 heterocycles. The van der Waals surface area contributed by atoms with Crippen LogP contribution >= 0.6 is 0 Å². The fraction of sp³-hybridized carbons (Fsp3) is 0.158. The van der Waals surface area contributed by atoms with Crippen molar-refractivity contribution < 1.29 is 23.5 Å². The molecule has 0 atom stereocenters. The number of carbonyl (C=O) groups excluding carboxylic acids is 2.